The van der Waals surface area contributed by atoms with Crippen molar-refractivity contribution in [3.63, 3.8) is 0 Å². The number of carbonyl (C=O) groups excluding carboxylic acids is 2. The van der Waals surface area contributed by atoms with Crippen molar-refractivity contribution in [1.82, 2.24) is 4.31 Å². The highest BCUT2D eigenvalue weighted by molar-refractivity contribution is 7.89. The highest BCUT2D eigenvalue weighted by atomic mass is 32.2. The summed E-state index contributed by atoms with van der Waals surface area (Å²) in [6, 6.07) is 4.59. The lowest BCUT2D eigenvalue weighted by Crippen LogP contribution is -2.39. The second-order valence-corrected chi connectivity index (χ2v) is 7.58. The van der Waals surface area contributed by atoms with Crippen LogP contribution in [0.15, 0.2) is 52.5 Å². The summed E-state index contributed by atoms with van der Waals surface area (Å²) in [7, 11) is -1.57. The molecule has 0 aromatic heterocycles. The number of rotatable bonds is 4. The minimum Gasteiger partial charge on any atom is -0.466 e. The molecule has 2 atom stereocenters. The van der Waals surface area contributed by atoms with Crippen LogP contribution in [-0.4, -0.2) is 51.0 Å². The predicted molar refractivity (Wildman–Crippen MR) is 88.0 cm³/mol. The van der Waals surface area contributed by atoms with E-state index in [0.29, 0.717) is 0 Å². The van der Waals surface area contributed by atoms with E-state index >= 15 is 0 Å². The molecule has 0 N–H and O–H groups in total. The van der Waals surface area contributed by atoms with Gasteiger partial charge >= 0.3 is 11.9 Å². The Morgan fingerprint density at radius 3 is 1.76 bits per heavy atom. The van der Waals surface area contributed by atoms with Crippen LogP contribution < -0.4 is 0 Å². The average molecular weight is 363 g/mol. The van der Waals surface area contributed by atoms with Crippen molar-refractivity contribution in [3.05, 3.63) is 53.1 Å². The largest absolute Gasteiger partial charge is 0.466 e. The summed E-state index contributed by atoms with van der Waals surface area (Å²) in [4.78, 5) is 24.4. The summed E-state index contributed by atoms with van der Waals surface area (Å²) in [5, 5.41) is 0. The fourth-order valence-corrected chi connectivity index (χ4v) is 4.80. The van der Waals surface area contributed by atoms with E-state index in [1.165, 1.54) is 26.4 Å². The Balaban J connectivity index is 2.08. The van der Waals surface area contributed by atoms with Crippen molar-refractivity contribution >= 4 is 22.0 Å². The van der Waals surface area contributed by atoms with E-state index < -0.39 is 34.0 Å². The van der Waals surface area contributed by atoms with Crippen molar-refractivity contribution in [3.8, 4) is 0 Å². The third-order valence-electron chi connectivity index (χ3n) is 4.31. The molecule has 0 radical (unpaired) electrons. The van der Waals surface area contributed by atoms with Crippen molar-refractivity contribution in [2.24, 2.45) is 0 Å². The predicted octanol–water partition coefficient (Wildman–Crippen LogP) is 0.949. The lowest BCUT2D eigenvalue weighted by molar-refractivity contribution is -0.139. The average Bonchev–Trinajstić information content (AvgIpc) is 3.17. The molecule has 0 aliphatic carbocycles. The third kappa shape index (κ3) is 2.58. The van der Waals surface area contributed by atoms with Gasteiger partial charge in [0.2, 0.25) is 10.0 Å². The summed E-state index contributed by atoms with van der Waals surface area (Å²) in [5.41, 5.74) is 0.917. The molecule has 1 aromatic rings. The lowest BCUT2D eigenvalue weighted by Gasteiger charge is -2.23. The molecule has 0 saturated carbocycles. The maximum Gasteiger partial charge on any atom is 0.336 e. The first kappa shape index (κ1) is 17.4. The molecule has 2 aliphatic rings. The zero-order valence-electron chi connectivity index (χ0n) is 13.9. The quantitative estimate of drug-likeness (QED) is 0.584. The van der Waals surface area contributed by atoms with Gasteiger partial charge in [0.15, 0.2) is 0 Å². The number of fused-ring (bicyclic) bond motifs is 2. The van der Waals surface area contributed by atoms with Crippen LogP contribution in [0.25, 0.3) is 0 Å². The van der Waals surface area contributed by atoms with Crippen LogP contribution in [0.3, 0.4) is 0 Å². The van der Waals surface area contributed by atoms with Crippen LogP contribution in [0.1, 0.15) is 5.56 Å². The van der Waals surface area contributed by atoms with E-state index in [1.54, 1.807) is 24.3 Å². The van der Waals surface area contributed by atoms with Crippen LogP contribution in [0.4, 0.5) is 0 Å². The first-order chi connectivity index (χ1) is 11.8. The number of hydrogen-bond acceptors (Lipinski definition) is 6. The van der Waals surface area contributed by atoms with Gasteiger partial charge in [-0.1, -0.05) is 29.8 Å². The summed E-state index contributed by atoms with van der Waals surface area (Å²) in [6.07, 6.45) is 3.16. The molecule has 25 heavy (non-hydrogen) atoms. The van der Waals surface area contributed by atoms with E-state index in [-0.39, 0.29) is 16.0 Å². The summed E-state index contributed by atoms with van der Waals surface area (Å²) < 4.78 is 36.8. The maximum absolute atomic E-state index is 13.1. The van der Waals surface area contributed by atoms with E-state index in [1.807, 2.05) is 6.92 Å². The van der Waals surface area contributed by atoms with Crippen LogP contribution in [0.2, 0.25) is 0 Å². The Bertz CT molecular complexity index is 862. The standard InChI is InChI=1S/C17H17NO6S/c1-10-4-6-11(7-5-10)25(21,22)18-12-8-9-13(18)15(17(20)24-3)14(12)16(19)23-2/h4-9,12-13H,1-3H3. The van der Waals surface area contributed by atoms with Gasteiger partial charge < -0.3 is 9.47 Å². The summed E-state index contributed by atoms with van der Waals surface area (Å²) in [5.74, 6) is -1.50. The van der Waals surface area contributed by atoms with Gasteiger partial charge in [-0.3, -0.25) is 0 Å². The molecule has 0 spiro atoms. The van der Waals surface area contributed by atoms with Gasteiger partial charge in [-0.25, -0.2) is 18.0 Å². The van der Waals surface area contributed by atoms with Gasteiger partial charge in [0, 0.05) is 0 Å². The van der Waals surface area contributed by atoms with Crippen molar-refractivity contribution in [2.75, 3.05) is 14.2 Å². The first-order valence-electron chi connectivity index (χ1n) is 7.52. The number of sulfonamides is 1. The molecule has 2 heterocycles. The smallest absolute Gasteiger partial charge is 0.336 e. The normalized spacial score (nSPS) is 22.4. The fourth-order valence-electron chi connectivity index (χ4n) is 3.13. The van der Waals surface area contributed by atoms with E-state index in [2.05, 4.69) is 0 Å². The topological polar surface area (TPSA) is 90.0 Å². The second kappa shape index (κ2) is 6.12. The van der Waals surface area contributed by atoms with Gasteiger partial charge in [-0.2, -0.15) is 4.31 Å². The minimum atomic E-state index is -3.93. The van der Waals surface area contributed by atoms with Gasteiger partial charge in [-0.05, 0) is 19.1 Å². The number of hydrogen-bond donors (Lipinski definition) is 0. The van der Waals surface area contributed by atoms with Gasteiger partial charge in [0.1, 0.15) is 0 Å². The van der Waals surface area contributed by atoms with Crippen LogP contribution in [-0.2, 0) is 29.1 Å². The minimum absolute atomic E-state index is 0.00228. The fraction of sp³-hybridized carbons (Fsp3) is 0.294. The first-order valence-corrected chi connectivity index (χ1v) is 8.96. The number of ether oxygens (including phenoxy) is 2. The Morgan fingerprint density at radius 1 is 0.920 bits per heavy atom. The Kier molecular flexibility index (Phi) is 4.26. The van der Waals surface area contributed by atoms with Crippen molar-refractivity contribution in [2.45, 2.75) is 23.9 Å². The molecule has 132 valence electrons. The van der Waals surface area contributed by atoms with Gasteiger partial charge in [0.05, 0.1) is 42.3 Å². The van der Waals surface area contributed by atoms with Crippen molar-refractivity contribution in [1.29, 1.82) is 0 Å². The molecule has 1 aromatic carbocycles. The van der Waals surface area contributed by atoms with Gasteiger partial charge in [-0.15, -0.1) is 0 Å². The van der Waals surface area contributed by atoms with E-state index in [4.69, 9.17) is 9.47 Å². The van der Waals surface area contributed by atoms with Crippen LogP contribution in [0, 0.1) is 6.92 Å². The van der Waals surface area contributed by atoms with E-state index in [0.717, 1.165) is 9.87 Å². The molecule has 8 heteroatoms. The zero-order valence-corrected chi connectivity index (χ0v) is 14.7. The zero-order chi connectivity index (χ0) is 18.4. The monoisotopic (exact) mass is 363 g/mol. The highest BCUT2D eigenvalue weighted by Gasteiger charge is 2.53. The molecule has 7 nitrogen and oxygen atoms in total. The van der Waals surface area contributed by atoms with Gasteiger partial charge in [0.25, 0.3) is 0 Å². The lowest BCUT2D eigenvalue weighted by atomic mass is 9.97. The molecular formula is C17H17NO6S. The SMILES string of the molecule is COC(=O)C1=C(C(=O)OC)C2C=CC1N2S(=O)(=O)c1ccc(C)cc1. The molecule has 2 aliphatic heterocycles. The maximum atomic E-state index is 13.1. The summed E-state index contributed by atoms with van der Waals surface area (Å²) >= 11 is 0. The van der Waals surface area contributed by atoms with Crippen LogP contribution in [0.5, 0.6) is 0 Å². The van der Waals surface area contributed by atoms with Crippen LogP contribution >= 0.6 is 0 Å². The molecule has 3 rings (SSSR count). The van der Waals surface area contributed by atoms with E-state index in [9.17, 15) is 18.0 Å². The number of nitrogens with zero attached hydrogens (tertiary/aromatic N) is 1. The number of benzene rings is 1. The Morgan fingerprint density at radius 2 is 1.36 bits per heavy atom. The molecule has 0 amide bonds. The molecule has 0 fully saturated rings. The Hall–Kier alpha value is -2.45. The highest BCUT2D eigenvalue weighted by Crippen LogP contribution is 2.42. The molecule has 2 unspecified atom stereocenters. The molecular weight excluding hydrogens is 346 g/mol. The second-order valence-electron chi connectivity index (χ2n) is 5.73. The number of aryl methyl sites for hydroxylation is 1. The number of esters is 2. The third-order valence-corrected chi connectivity index (χ3v) is 6.19. The number of carbonyl (C=O) groups is 2. The van der Waals surface area contributed by atoms with Crippen molar-refractivity contribution < 1.29 is 27.5 Å². The molecule has 0 saturated heterocycles. The Labute approximate surface area is 145 Å². The summed E-state index contributed by atoms with van der Waals surface area (Å²) in [6.45, 7) is 1.85. The molecule has 2 bridgehead atoms. The number of methoxy groups -OCH3 is 2.